The van der Waals surface area contributed by atoms with Gasteiger partial charge in [0.2, 0.25) is 5.91 Å². The first kappa shape index (κ1) is 29.6. The molecule has 0 aromatic carbocycles. The van der Waals surface area contributed by atoms with Crippen LogP contribution in [0.2, 0.25) is 0 Å². The van der Waals surface area contributed by atoms with Gasteiger partial charge < -0.3 is 14.8 Å². The lowest BCUT2D eigenvalue weighted by Crippen LogP contribution is -2.61. The van der Waals surface area contributed by atoms with Gasteiger partial charge in [-0.25, -0.2) is 4.79 Å². The molecular weight excluding hydrogens is 571 g/mol. The minimum Gasteiger partial charge on any atom is -0.340 e. The number of imidazole rings is 1. The zero-order valence-electron chi connectivity index (χ0n) is 25.5. The molecule has 2 saturated carbocycles. The topological polar surface area (TPSA) is 89.5 Å². The van der Waals surface area contributed by atoms with Gasteiger partial charge in [0.05, 0.1) is 11.1 Å². The number of amides is 1. The normalized spacial score (nSPS) is 28.7. The minimum absolute atomic E-state index is 0.0561. The Morgan fingerprint density at radius 1 is 1.05 bits per heavy atom. The lowest BCUT2D eigenvalue weighted by molar-refractivity contribution is -0.136. The number of aromatic nitrogens is 5. The Morgan fingerprint density at radius 3 is 2.36 bits per heavy atom. The molecular formula is C32H42F3N7O2. The molecule has 4 unspecified atom stereocenters. The molecule has 9 nitrogen and oxygen atoms in total. The highest BCUT2D eigenvalue weighted by molar-refractivity contribution is 5.73. The summed E-state index contributed by atoms with van der Waals surface area (Å²) >= 11 is 0. The van der Waals surface area contributed by atoms with Crippen molar-refractivity contribution in [2.75, 3.05) is 13.1 Å². The van der Waals surface area contributed by atoms with Crippen LogP contribution in [-0.2, 0) is 24.4 Å². The SMILES string of the molecule is CC(=O)N1CC2CC(Cc3cc(C(F)(F)F)c4cn(C5CCCC([C@H](c6nncn6C)C6CCC6)C5)c(=O)n4c3)CC(C1)N2. The summed E-state index contributed by atoms with van der Waals surface area (Å²) in [4.78, 5) is 27.6. The molecule has 5 atom stereocenters. The smallest absolute Gasteiger partial charge is 0.340 e. The number of piperazine rings is 1. The van der Waals surface area contributed by atoms with E-state index in [2.05, 4.69) is 15.5 Å². The van der Waals surface area contributed by atoms with Crippen molar-refractivity contribution in [2.24, 2.45) is 24.8 Å². The molecule has 44 heavy (non-hydrogen) atoms. The summed E-state index contributed by atoms with van der Waals surface area (Å²) in [5, 5.41) is 12.2. The number of fused-ring (bicyclic) bond motifs is 3. The first-order valence-corrected chi connectivity index (χ1v) is 16.2. The quantitative estimate of drug-likeness (QED) is 0.435. The second-order valence-corrected chi connectivity index (χ2v) is 14.0. The van der Waals surface area contributed by atoms with Crippen molar-refractivity contribution in [3.63, 3.8) is 0 Å². The number of hydrogen-bond donors (Lipinski definition) is 1. The fourth-order valence-corrected chi connectivity index (χ4v) is 8.83. The van der Waals surface area contributed by atoms with Gasteiger partial charge in [0, 0.05) is 63.5 Å². The van der Waals surface area contributed by atoms with E-state index in [1.807, 2.05) is 16.5 Å². The monoisotopic (exact) mass is 613 g/mol. The molecule has 2 aliphatic heterocycles. The van der Waals surface area contributed by atoms with Gasteiger partial charge in [0.15, 0.2) is 0 Å². The van der Waals surface area contributed by atoms with E-state index in [-0.39, 0.29) is 41.4 Å². The highest BCUT2D eigenvalue weighted by atomic mass is 19.4. The molecule has 4 aliphatic rings. The van der Waals surface area contributed by atoms with E-state index in [9.17, 15) is 22.8 Å². The van der Waals surface area contributed by atoms with Crippen molar-refractivity contribution >= 4 is 11.4 Å². The van der Waals surface area contributed by atoms with Crippen LogP contribution in [-0.4, -0.2) is 59.7 Å². The Balaban J connectivity index is 1.17. The standard InChI is InChI=1S/C32H42F3N7O2/c1-19(43)40-15-24-10-20(11-25(16-40)37-24)9-21-12-27(32(33,34)35)28-17-41(31(44)42(28)14-21)26-8-4-7-23(13-26)29(22-5-3-6-22)30-38-36-18-39(30)2/h12,14,17-18,20,22-26,29,37H,3-11,13,15-16H2,1-2H3/t20?,23?,24?,25?,26?,29-/m1/s1. The number of hydrogen-bond acceptors (Lipinski definition) is 5. The van der Waals surface area contributed by atoms with Crippen LogP contribution >= 0.6 is 0 Å². The number of carbonyl (C=O) groups is 1. The van der Waals surface area contributed by atoms with Crippen LogP contribution in [0.4, 0.5) is 13.2 Å². The molecule has 4 fully saturated rings. The molecule has 3 aromatic heterocycles. The zero-order valence-corrected chi connectivity index (χ0v) is 25.5. The highest BCUT2D eigenvalue weighted by Crippen LogP contribution is 2.49. The second-order valence-electron chi connectivity index (χ2n) is 14.0. The molecule has 5 heterocycles. The molecule has 0 spiro atoms. The van der Waals surface area contributed by atoms with Crippen LogP contribution in [0.25, 0.3) is 5.52 Å². The molecule has 2 aliphatic carbocycles. The summed E-state index contributed by atoms with van der Waals surface area (Å²) in [6, 6.07) is 1.36. The van der Waals surface area contributed by atoms with Crippen molar-refractivity contribution in [3.05, 3.63) is 52.2 Å². The lowest BCUT2D eigenvalue weighted by Gasteiger charge is -2.45. The minimum atomic E-state index is -4.58. The third-order valence-electron chi connectivity index (χ3n) is 11.0. The summed E-state index contributed by atoms with van der Waals surface area (Å²) in [6.07, 6.45) is 9.25. The number of alkyl halides is 3. The third-order valence-corrected chi connectivity index (χ3v) is 11.0. The Morgan fingerprint density at radius 2 is 1.75 bits per heavy atom. The fourth-order valence-electron chi connectivity index (χ4n) is 8.83. The average Bonchev–Trinajstić information content (AvgIpc) is 3.51. The average molecular weight is 614 g/mol. The molecule has 238 valence electrons. The molecule has 12 heteroatoms. The van der Waals surface area contributed by atoms with Gasteiger partial charge in [-0.1, -0.05) is 12.8 Å². The predicted molar refractivity (Wildman–Crippen MR) is 158 cm³/mol. The van der Waals surface area contributed by atoms with E-state index >= 15 is 0 Å². The number of halogens is 3. The predicted octanol–water partition coefficient (Wildman–Crippen LogP) is 4.70. The zero-order chi connectivity index (χ0) is 30.7. The Bertz CT molecular complexity index is 1570. The summed E-state index contributed by atoms with van der Waals surface area (Å²) in [5.41, 5.74) is -0.680. The van der Waals surface area contributed by atoms with E-state index in [1.165, 1.54) is 23.1 Å². The molecule has 2 bridgehead atoms. The van der Waals surface area contributed by atoms with Gasteiger partial charge in [0.25, 0.3) is 0 Å². The van der Waals surface area contributed by atoms with E-state index in [0.717, 1.165) is 57.2 Å². The van der Waals surface area contributed by atoms with Crippen LogP contribution in [0.15, 0.2) is 29.6 Å². The largest absolute Gasteiger partial charge is 0.418 e. The van der Waals surface area contributed by atoms with Gasteiger partial charge in [-0.05, 0) is 80.8 Å². The van der Waals surface area contributed by atoms with Gasteiger partial charge in [-0.15, -0.1) is 10.2 Å². The van der Waals surface area contributed by atoms with Crippen LogP contribution < -0.4 is 11.0 Å². The number of nitrogens with zero attached hydrogens (tertiary/aromatic N) is 6. The van der Waals surface area contributed by atoms with Gasteiger partial charge >= 0.3 is 11.9 Å². The van der Waals surface area contributed by atoms with E-state index in [0.29, 0.717) is 36.9 Å². The summed E-state index contributed by atoms with van der Waals surface area (Å²) in [6.45, 7) is 2.82. The van der Waals surface area contributed by atoms with Crippen molar-refractivity contribution < 1.29 is 18.0 Å². The molecule has 1 N–H and O–H groups in total. The highest BCUT2D eigenvalue weighted by Gasteiger charge is 2.41. The maximum Gasteiger partial charge on any atom is 0.418 e. The van der Waals surface area contributed by atoms with Crippen LogP contribution in [0.5, 0.6) is 0 Å². The lowest BCUT2D eigenvalue weighted by atomic mass is 9.66. The molecule has 7 rings (SSSR count). The maximum atomic E-state index is 14.5. The Kier molecular flexibility index (Phi) is 7.61. The summed E-state index contributed by atoms with van der Waals surface area (Å²) in [5.74, 6) is 2.30. The van der Waals surface area contributed by atoms with Crippen LogP contribution in [0.1, 0.15) is 93.6 Å². The molecule has 0 radical (unpaired) electrons. The number of rotatable bonds is 6. The first-order valence-electron chi connectivity index (χ1n) is 16.2. The van der Waals surface area contributed by atoms with Crippen molar-refractivity contribution in [1.82, 2.24) is 33.9 Å². The number of likely N-dealkylation sites (tertiary alicyclic amines) is 1. The molecule has 3 aromatic rings. The summed E-state index contributed by atoms with van der Waals surface area (Å²) < 4.78 is 48.3. The number of piperidine rings is 1. The first-order chi connectivity index (χ1) is 21.0. The molecule has 1 amide bonds. The number of pyridine rings is 1. The van der Waals surface area contributed by atoms with E-state index in [1.54, 1.807) is 24.0 Å². The van der Waals surface area contributed by atoms with Crippen LogP contribution in [0.3, 0.4) is 0 Å². The van der Waals surface area contributed by atoms with Crippen molar-refractivity contribution in [2.45, 2.75) is 101 Å². The second kappa shape index (κ2) is 11.3. The fraction of sp³-hybridized carbons (Fsp3) is 0.688. The summed E-state index contributed by atoms with van der Waals surface area (Å²) in [7, 11) is 1.97. The Labute approximate surface area is 254 Å². The van der Waals surface area contributed by atoms with Crippen molar-refractivity contribution in [3.8, 4) is 0 Å². The van der Waals surface area contributed by atoms with E-state index < -0.39 is 17.4 Å². The Hall–Kier alpha value is -3.15. The maximum absolute atomic E-state index is 14.5. The van der Waals surface area contributed by atoms with E-state index in [4.69, 9.17) is 0 Å². The van der Waals surface area contributed by atoms with Gasteiger partial charge in [-0.2, -0.15) is 13.2 Å². The van der Waals surface area contributed by atoms with Crippen molar-refractivity contribution in [1.29, 1.82) is 0 Å². The number of nitrogens with one attached hydrogen (secondary N) is 1. The van der Waals surface area contributed by atoms with Crippen LogP contribution in [0, 0.1) is 17.8 Å². The number of aryl methyl sites for hydroxylation is 1. The van der Waals surface area contributed by atoms with Gasteiger partial charge in [-0.3, -0.25) is 13.8 Å². The molecule has 2 saturated heterocycles. The van der Waals surface area contributed by atoms with Gasteiger partial charge in [0.1, 0.15) is 12.2 Å². The number of carbonyl (C=O) groups excluding carboxylic acids is 1. The third kappa shape index (κ3) is 5.47.